The summed E-state index contributed by atoms with van der Waals surface area (Å²) in [7, 11) is 0. The van der Waals surface area contributed by atoms with E-state index in [-0.39, 0.29) is 0 Å². The average Bonchev–Trinajstić information content (AvgIpc) is 2.37. The third kappa shape index (κ3) is 2.60. The third-order valence-corrected chi connectivity index (χ3v) is 4.70. The maximum atomic E-state index is 5.87. The summed E-state index contributed by atoms with van der Waals surface area (Å²) in [6.07, 6.45) is 11.5. The molecule has 2 nitrogen and oxygen atoms in total. The van der Waals surface area contributed by atoms with Crippen molar-refractivity contribution in [3.05, 3.63) is 47.0 Å². The van der Waals surface area contributed by atoms with Gasteiger partial charge in [-0.25, -0.2) is 0 Å². The van der Waals surface area contributed by atoms with Gasteiger partial charge in [0.1, 0.15) is 0 Å². The van der Waals surface area contributed by atoms with Crippen LogP contribution in [0.2, 0.25) is 0 Å². The average molecular weight is 256 g/mol. The van der Waals surface area contributed by atoms with Crippen LogP contribution in [-0.2, 0) is 6.42 Å². The number of hydrogen-bond acceptors (Lipinski definition) is 2. The van der Waals surface area contributed by atoms with Crippen LogP contribution in [0.5, 0.6) is 0 Å². The van der Waals surface area contributed by atoms with Gasteiger partial charge in [-0.3, -0.25) is 11.3 Å². The van der Waals surface area contributed by atoms with Crippen molar-refractivity contribution in [2.75, 3.05) is 0 Å². The molecule has 2 aliphatic carbocycles. The summed E-state index contributed by atoms with van der Waals surface area (Å²) in [6.45, 7) is 0. The molecule has 0 saturated heterocycles. The molecule has 0 amide bonds. The quantitative estimate of drug-likeness (QED) is 0.494. The minimum Gasteiger partial charge on any atom is -0.271 e. The molecule has 0 saturated carbocycles. The molecule has 0 fully saturated rings. The maximum absolute atomic E-state index is 5.87. The molecule has 19 heavy (non-hydrogen) atoms. The summed E-state index contributed by atoms with van der Waals surface area (Å²) < 4.78 is 0. The van der Waals surface area contributed by atoms with Crippen LogP contribution in [0.3, 0.4) is 0 Å². The van der Waals surface area contributed by atoms with E-state index in [1.807, 2.05) is 0 Å². The number of rotatable bonds is 3. The fraction of sp³-hybridized carbons (Fsp3) is 0.529. The molecule has 2 heteroatoms. The van der Waals surface area contributed by atoms with Crippen molar-refractivity contribution in [3.8, 4) is 0 Å². The van der Waals surface area contributed by atoms with Crippen molar-refractivity contribution in [1.82, 2.24) is 5.43 Å². The van der Waals surface area contributed by atoms with Gasteiger partial charge in [-0.2, -0.15) is 0 Å². The molecule has 3 N–H and O–H groups in total. The van der Waals surface area contributed by atoms with Crippen LogP contribution in [0.1, 0.15) is 55.6 Å². The van der Waals surface area contributed by atoms with Gasteiger partial charge >= 0.3 is 0 Å². The second-order valence-corrected chi connectivity index (χ2v) is 5.89. The van der Waals surface area contributed by atoms with Crippen molar-refractivity contribution >= 4 is 0 Å². The third-order valence-electron chi connectivity index (χ3n) is 4.70. The maximum Gasteiger partial charge on any atom is 0.0491 e. The standard InChI is InChI=1S/C17H24N2/c18-19-17(13-8-4-2-1-3-5-9-13)16-12-14-10-6-7-11-15(14)16/h6-8,10-11,16-17,19H,1-5,9,12,18H2/b13-8+. The Labute approximate surface area is 116 Å². The summed E-state index contributed by atoms with van der Waals surface area (Å²) in [5.41, 5.74) is 7.63. The lowest BCUT2D eigenvalue weighted by Gasteiger charge is -2.38. The Hall–Kier alpha value is -1.12. The van der Waals surface area contributed by atoms with E-state index in [4.69, 9.17) is 5.84 Å². The lowest BCUT2D eigenvalue weighted by atomic mass is 9.71. The highest BCUT2D eigenvalue weighted by Crippen LogP contribution is 2.40. The first-order chi connectivity index (χ1) is 9.40. The molecule has 0 aromatic heterocycles. The SMILES string of the molecule is NNC(/C1=C/CCCCCC1)C1Cc2ccccc21. The number of nitrogens with two attached hydrogens (primary N) is 1. The number of benzene rings is 1. The normalized spacial score (nSPS) is 27.2. The highest BCUT2D eigenvalue weighted by Gasteiger charge is 2.33. The molecule has 3 rings (SSSR count). The number of allylic oxidation sites excluding steroid dienone is 1. The van der Waals surface area contributed by atoms with Crippen LogP contribution >= 0.6 is 0 Å². The zero-order chi connectivity index (χ0) is 13.1. The Morgan fingerprint density at radius 2 is 1.95 bits per heavy atom. The molecule has 0 radical (unpaired) electrons. The minimum atomic E-state index is 0.341. The van der Waals surface area contributed by atoms with Crippen molar-refractivity contribution < 1.29 is 0 Å². The van der Waals surface area contributed by atoms with Crippen LogP contribution in [0.4, 0.5) is 0 Å². The first-order valence-electron chi connectivity index (χ1n) is 7.63. The first kappa shape index (κ1) is 12.9. The fourth-order valence-corrected chi connectivity index (χ4v) is 3.58. The monoisotopic (exact) mass is 256 g/mol. The van der Waals surface area contributed by atoms with E-state index in [1.165, 1.54) is 56.1 Å². The number of hydrazine groups is 1. The van der Waals surface area contributed by atoms with Gasteiger partial charge in [-0.15, -0.1) is 0 Å². The van der Waals surface area contributed by atoms with Crippen molar-refractivity contribution in [1.29, 1.82) is 0 Å². The highest BCUT2D eigenvalue weighted by atomic mass is 15.2. The summed E-state index contributed by atoms with van der Waals surface area (Å²) in [5, 5.41) is 0. The Bertz CT molecular complexity index is 464. The number of nitrogens with one attached hydrogen (secondary N) is 1. The predicted molar refractivity (Wildman–Crippen MR) is 79.8 cm³/mol. The van der Waals surface area contributed by atoms with Crippen LogP contribution < -0.4 is 11.3 Å². The summed E-state index contributed by atoms with van der Waals surface area (Å²) in [5.74, 6) is 6.45. The summed E-state index contributed by atoms with van der Waals surface area (Å²) >= 11 is 0. The molecule has 102 valence electrons. The van der Waals surface area contributed by atoms with Crippen LogP contribution in [0.25, 0.3) is 0 Å². The van der Waals surface area contributed by atoms with Gasteiger partial charge in [0.25, 0.3) is 0 Å². The highest BCUT2D eigenvalue weighted by molar-refractivity contribution is 5.43. The molecule has 2 atom stereocenters. The van der Waals surface area contributed by atoms with Gasteiger partial charge in [0.05, 0.1) is 0 Å². The Kier molecular flexibility index (Phi) is 4.00. The Morgan fingerprint density at radius 1 is 1.11 bits per heavy atom. The van der Waals surface area contributed by atoms with Gasteiger partial charge in [0.15, 0.2) is 0 Å². The van der Waals surface area contributed by atoms with E-state index in [9.17, 15) is 0 Å². The van der Waals surface area contributed by atoms with Gasteiger partial charge in [-0.1, -0.05) is 48.8 Å². The Balaban J connectivity index is 1.78. The summed E-state index contributed by atoms with van der Waals surface area (Å²) in [6, 6.07) is 9.12. The van der Waals surface area contributed by atoms with E-state index < -0.39 is 0 Å². The van der Waals surface area contributed by atoms with Crippen molar-refractivity contribution in [2.24, 2.45) is 5.84 Å². The number of fused-ring (bicyclic) bond motifs is 1. The minimum absolute atomic E-state index is 0.341. The second kappa shape index (κ2) is 5.89. The summed E-state index contributed by atoms with van der Waals surface area (Å²) in [4.78, 5) is 0. The molecule has 0 heterocycles. The van der Waals surface area contributed by atoms with E-state index >= 15 is 0 Å². The van der Waals surface area contributed by atoms with Crippen molar-refractivity contribution in [2.45, 2.75) is 56.9 Å². The zero-order valence-electron chi connectivity index (χ0n) is 11.6. The zero-order valence-corrected chi connectivity index (χ0v) is 11.6. The Morgan fingerprint density at radius 3 is 2.79 bits per heavy atom. The molecule has 2 aliphatic rings. The van der Waals surface area contributed by atoms with E-state index in [0.29, 0.717) is 12.0 Å². The lowest BCUT2D eigenvalue weighted by Crippen LogP contribution is -2.45. The molecule has 1 aromatic rings. The second-order valence-electron chi connectivity index (χ2n) is 5.89. The molecule has 0 spiro atoms. The molecule has 0 aliphatic heterocycles. The van der Waals surface area contributed by atoms with E-state index in [0.717, 1.165) is 0 Å². The van der Waals surface area contributed by atoms with Gasteiger partial charge < -0.3 is 0 Å². The fourth-order valence-electron chi connectivity index (χ4n) is 3.58. The smallest absolute Gasteiger partial charge is 0.0491 e. The molecular formula is C17H24N2. The largest absolute Gasteiger partial charge is 0.271 e. The van der Waals surface area contributed by atoms with E-state index in [1.54, 1.807) is 5.57 Å². The molecule has 1 aromatic carbocycles. The first-order valence-corrected chi connectivity index (χ1v) is 7.63. The molecular weight excluding hydrogens is 232 g/mol. The molecule has 2 unspecified atom stereocenters. The topological polar surface area (TPSA) is 38.0 Å². The van der Waals surface area contributed by atoms with Crippen LogP contribution in [0.15, 0.2) is 35.9 Å². The van der Waals surface area contributed by atoms with Crippen molar-refractivity contribution in [3.63, 3.8) is 0 Å². The lowest BCUT2D eigenvalue weighted by molar-refractivity contribution is 0.433. The van der Waals surface area contributed by atoms with E-state index in [2.05, 4.69) is 35.8 Å². The predicted octanol–water partition coefficient (Wildman–Crippen LogP) is 3.44. The van der Waals surface area contributed by atoms with Gasteiger partial charge in [0.2, 0.25) is 0 Å². The van der Waals surface area contributed by atoms with Crippen LogP contribution in [0, 0.1) is 0 Å². The molecule has 0 bridgehead atoms. The van der Waals surface area contributed by atoms with Gasteiger partial charge in [0, 0.05) is 12.0 Å². The van der Waals surface area contributed by atoms with Gasteiger partial charge in [-0.05, 0) is 43.2 Å². The number of hydrogen-bond donors (Lipinski definition) is 2. The van der Waals surface area contributed by atoms with Crippen LogP contribution in [-0.4, -0.2) is 6.04 Å².